The molecule has 0 aliphatic carbocycles. The Hall–Kier alpha value is -3.15. The molecule has 2 heterocycles. The standard InChI is InChI=1S/C22H23N3O3/c26-20(12-11-16-14-15-6-1-2-7-17(15)24-22(16)28)23-18-8-3-4-9-19(18)25-13-5-10-21(25)27/h1-4,6-9,16H,5,10-14H2,(H,23,26)(H,24,28). The largest absolute Gasteiger partial charge is 0.326 e. The van der Waals surface area contributed by atoms with E-state index in [1.165, 1.54) is 0 Å². The number of hydrogen-bond acceptors (Lipinski definition) is 3. The van der Waals surface area contributed by atoms with E-state index in [1.807, 2.05) is 48.5 Å². The fraction of sp³-hybridized carbons (Fsp3) is 0.318. The Morgan fingerprint density at radius 3 is 2.71 bits per heavy atom. The lowest BCUT2D eigenvalue weighted by Crippen LogP contribution is -2.31. The predicted molar refractivity (Wildman–Crippen MR) is 108 cm³/mol. The number of fused-ring (bicyclic) bond motifs is 1. The van der Waals surface area contributed by atoms with E-state index in [9.17, 15) is 14.4 Å². The van der Waals surface area contributed by atoms with Gasteiger partial charge in [-0.15, -0.1) is 0 Å². The molecule has 6 heteroatoms. The molecule has 2 N–H and O–H groups in total. The molecule has 28 heavy (non-hydrogen) atoms. The lowest BCUT2D eigenvalue weighted by molar-refractivity contribution is -0.121. The van der Waals surface area contributed by atoms with Crippen LogP contribution in [0.1, 0.15) is 31.2 Å². The van der Waals surface area contributed by atoms with E-state index in [-0.39, 0.29) is 30.1 Å². The lowest BCUT2D eigenvalue weighted by atomic mass is 9.89. The van der Waals surface area contributed by atoms with Gasteiger partial charge in [-0.3, -0.25) is 14.4 Å². The van der Waals surface area contributed by atoms with Crippen LogP contribution in [0.2, 0.25) is 0 Å². The van der Waals surface area contributed by atoms with Crippen LogP contribution in [0.4, 0.5) is 17.1 Å². The zero-order valence-corrected chi connectivity index (χ0v) is 15.6. The molecular formula is C22H23N3O3. The number of para-hydroxylation sites is 3. The topological polar surface area (TPSA) is 78.5 Å². The normalized spacial score (nSPS) is 18.6. The van der Waals surface area contributed by atoms with Crippen molar-refractivity contribution in [2.24, 2.45) is 5.92 Å². The molecule has 0 saturated carbocycles. The Morgan fingerprint density at radius 2 is 1.89 bits per heavy atom. The molecule has 3 amide bonds. The third kappa shape index (κ3) is 3.76. The summed E-state index contributed by atoms with van der Waals surface area (Å²) in [5, 5.41) is 5.84. The number of nitrogens with one attached hydrogen (secondary N) is 2. The van der Waals surface area contributed by atoms with Crippen LogP contribution in [0.3, 0.4) is 0 Å². The van der Waals surface area contributed by atoms with Crippen molar-refractivity contribution in [1.82, 2.24) is 0 Å². The number of nitrogens with zero attached hydrogens (tertiary/aromatic N) is 1. The van der Waals surface area contributed by atoms with Gasteiger partial charge in [0.1, 0.15) is 0 Å². The fourth-order valence-corrected chi connectivity index (χ4v) is 3.88. The van der Waals surface area contributed by atoms with Gasteiger partial charge in [0, 0.05) is 31.0 Å². The first kappa shape index (κ1) is 18.2. The van der Waals surface area contributed by atoms with Gasteiger partial charge in [0.15, 0.2) is 0 Å². The summed E-state index contributed by atoms with van der Waals surface area (Å²) in [4.78, 5) is 38.6. The molecule has 6 nitrogen and oxygen atoms in total. The lowest BCUT2D eigenvalue weighted by Gasteiger charge is -2.24. The van der Waals surface area contributed by atoms with Crippen molar-refractivity contribution in [1.29, 1.82) is 0 Å². The zero-order chi connectivity index (χ0) is 19.5. The molecule has 4 rings (SSSR count). The maximum atomic E-state index is 12.5. The molecule has 2 aliphatic heterocycles. The number of hydrogen-bond donors (Lipinski definition) is 2. The Labute approximate surface area is 163 Å². The van der Waals surface area contributed by atoms with Gasteiger partial charge in [-0.25, -0.2) is 0 Å². The molecule has 144 valence electrons. The van der Waals surface area contributed by atoms with E-state index >= 15 is 0 Å². The highest BCUT2D eigenvalue weighted by molar-refractivity contribution is 6.02. The first-order valence-corrected chi connectivity index (χ1v) is 9.70. The Morgan fingerprint density at radius 1 is 1.11 bits per heavy atom. The molecule has 2 aromatic rings. The van der Waals surface area contributed by atoms with Crippen LogP contribution >= 0.6 is 0 Å². The first-order chi connectivity index (χ1) is 13.6. The predicted octanol–water partition coefficient (Wildman–Crippen LogP) is 3.34. The number of carbonyl (C=O) groups is 3. The summed E-state index contributed by atoms with van der Waals surface area (Å²) in [6, 6.07) is 15.1. The van der Waals surface area contributed by atoms with Crippen molar-refractivity contribution in [3.63, 3.8) is 0 Å². The highest BCUT2D eigenvalue weighted by Gasteiger charge is 2.27. The minimum Gasteiger partial charge on any atom is -0.326 e. The van der Waals surface area contributed by atoms with Crippen LogP contribution in [0.5, 0.6) is 0 Å². The van der Waals surface area contributed by atoms with E-state index in [1.54, 1.807) is 4.90 Å². The number of benzene rings is 2. The Balaban J connectivity index is 1.38. The highest BCUT2D eigenvalue weighted by Crippen LogP contribution is 2.30. The quantitative estimate of drug-likeness (QED) is 0.839. The van der Waals surface area contributed by atoms with Crippen molar-refractivity contribution in [2.45, 2.75) is 32.1 Å². The summed E-state index contributed by atoms with van der Waals surface area (Å²) in [5.41, 5.74) is 3.34. The maximum absolute atomic E-state index is 12.5. The van der Waals surface area contributed by atoms with Gasteiger partial charge >= 0.3 is 0 Å². The SMILES string of the molecule is O=C(CCC1Cc2ccccc2NC1=O)Nc1ccccc1N1CCCC1=O. The van der Waals surface area contributed by atoms with Crippen molar-refractivity contribution >= 4 is 34.8 Å². The summed E-state index contributed by atoms with van der Waals surface area (Å²) in [6.07, 6.45) is 2.76. The average Bonchev–Trinajstić information content (AvgIpc) is 3.12. The number of carbonyl (C=O) groups excluding carboxylic acids is 3. The third-order valence-corrected chi connectivity index (χ3v) is 5.37. The van der Waals surface area contributed by atoms with Gasteiger partial charge in [0.25, 0.3) is 0 Å². The van der Waals surface area contributed by atoms with E-state index in [2.05, 4.69) is 10.6 Å². The van der Waals surface area contributed by atoms with Crippen LogP contribution in [-0.2, 0) is 20.8 Å². The van der Waals surface area contributed by atoms with E-state index in [4.69, 9.17) is 0 Å². The van der Waals surface area contributed by atoms with Crippen LogP contribution in [0, 0.1) is 5.92 Å². The molecular weight excluding hydrogens is 354 g/mol. The Bertz CT molecular complexity index is 925. The second-order valence-electron chi connectivity index (χ2n) is 7.30. The molecule has 1 unspecified atom stereocenters. The molecule has 1 saturated heterocycles. The molecule has 0 spiro atoms. The minimum absolute atomic E-state index is 0.0328. The van der Waals surface area contributed by atoms with Gasteiger partial charge < -0.3 is 15.5 Å². The third-order valence-electron chi connectivity index (χ3n) is 5.37. The summed E-state index contributed by atoms with van der Waals surface area (Å²) in [7, 11) is 0. The molecule has 2 aliphatic rings. The number of anilines is 3. The second-order valence-corrected chi connectivity index (χ2v) is 7.30. The second kappa shape index (κ2) is 7.84. The zero-order valence-electron chi connectivity index (χ0n) is 15.6. The summed E-state index contributed by atoms with van der Waals surface area (Å²) < 4.78 is 0. The van der Waals surface area contributed by atoms with Crippen LogP contribution in [0.15, 0.2) is 48.5 Å². The molecule has 1 atom stereocenters. The Kier molecular flexibility index (Phi) is 5.10. The van der Waals surface area contributed by atoms with Crippen molar-refractivity contribution in [2.75, 3.05) is 22.1 Å². The summed E-state index contributed by atoms with van der Waals surface area (Å²) >= 11 is 0. The van der Waals surface area contributed by atoms with Crippen LogP contribution in [0.25, 0.3) is 0 Å². The van der Waals surface area contributed by atoms with Gasteiger partial charge in [0.2, 0.25) is 17.7 Å². The van der Waals surface area contributed by atoms with E-state index < -0.39 is 0 Å². The first-order valence-electron chi connectivity index (χ1n) is 9.70. The average molecular weight is 377 g/mol. The van der Waals surface area contributed by atoms with E-state index in [0.717, 1.165) is 23.4 Å². The fourth-order valence-electron chi connectivity index (χ4n) is 3.88. The monoisotopic (exact) mass is 377 g/mol. The number of amides is 3. The van der Waals surface area contributed by atoms with Gasteiger partial charge in [-0.1, -0.05) is 30.3 Å². The van der Waals surface area contributed by atoms with Crippen molar-refractivity contribution in [3.05, 3.63) is 54.1 Å². The summed E-state index contributed by atoms with van der Waals surface area (Å²) in [5.74, 6) is -0.310. The summed E-state index contributed by atoms with van der Waals surface area (Å²) in [6.45, 7) is 0.674. The van der Waals surface area contributed by atoms with Crippen LogP contribution < -0.4 is 15.5 Å². The van der Waals surface area contributed by atoms with Gasteiger partial charge in [0.05, 0.1) is 11.4 Å². The van der Waals surface area contributed by atoms with Crippen molar-refractivity contribution in [3.8, 4) is 0 Å². The van der Waals surface area contributed by atoms with Crippen molar-refractivity contribution < 1.29 is 14.4 Å². The van der Waals surface area contributed by atoms with Crippen LogP contribution in [-0.4, -0.2) is 24.3 Å². The minimum atomic E-state index is -0.212. The van der Waals surface area contributed by atoms with Gasteiger partial charge in [-0.05, 0) is 43.0 Å². The molecule has 0 aromatic heterocycles. The molecule has 0 radical (unpaired) electrons. The molecule has 2 aromatic carbocycles. The smallest absolute Gasteiger partial charge is 0.227 e. The molecule has 0 bridgehead atoms. The highest BCUT2D eigenvalue weighted by atomic mass is 16.2. The maximum Gasteiger partial charge on any atom is 0.227 e. The number of rotatable bonds is 5. The molecule has 1 fully saturated rings. The van der Waals surface area contributed by atoms with E-state index in [0.29, 0.717) is 31.5 Å². The van der Waals surface area contributed by atoms with Gasteiger partial charge in [-0.2, -0.15) is 0 Å².